The fourth-order valence-electron chi connectivity index (χ4n) is 1.04. The minimum absolute atomic E-state index is 0.114. The highest BCUT2D eigenvalue weighted by Gasteiger charge is 2.19. The van der Waals surface area contributed by atoms with E-state index in [-0.39, 0.29) is 37.1 Å². The first-order chi connectivity index (χ1) is 8.01. The number of esters is 1. The van der Waals surface area contributed by atoms with Gasteiger partial charge in [0.2, 0.25) is 11.8 Å². The van der Waals surface area contributed by atoms with Crippen molar-refractivity contribution in [3.63, 3.8) is 0 Å². The molecule has 2 amide bonds. The number of rotatable bonds is 7. The van der Waals surface area contributed by atoms with Crippen LogP contribution in [0.1, 0.15) is 20.3 Å². The van der Waals surface area contributed by atoms with Gasteiger partial charge in [-0.15, -0.1) is 0 Å². The lowest BCUT2D eigenvalue weighted by Crippen LogP contribution is -2.44. The van der Waals surface area contributed by atoms with E-state index >= 15 is 0 Å². The van der Waals surface area contributed by atoms with E-state index in [2.05, 4.69) is 23.3 Å². The summed E-state index contributed by atoms with van der Waals surface area (Å²) in [6.07, 6.45) is 0.114. The van der Waals surface area contributed by atoms with Gasteiger partial charge >= 0.3 is 5.97 Å². The molecule has 0 aromatic carbocycles. The van der Waals surface area contributed by atoms with E-state index in [0.29, 0.717) is 0 Å². The number of hydrogen-bond donors (Lipinski definition) is 3. The fourth-order valence-corrected chi connectivity index (χ4v) is 1.28. The highest BCUT2D eigenvalue weighted by molar-refractivity contribution is 7.80. The van der Waals surface area contributed by atoms with E-state index in [0.717, 1.165) is 0 Å². The number of thiol groups is 1. The van der Waals surface area contributed by atoms with Crippen LogP contribution in [0.25, 0.3) is 0 Å². The predicted molar refractivity (Wildman–Crippen MR) is 65.7 cm³/mol. The van der Waals surface area contributed by atoms with E-state index < -0.39 is 12.0 Å². The molecule has 17 heavy (non-hydrogen) atoms. The molecular weight excluding hydrogens is 244 g/mol. The molecule has 0 spiro atoms. The summed E-state index contributed by atoms with van der Waals surface area (Å²) < 4.78 is 4.77. The molecule has 0 aliphatic rings. The quantitative estimate of drug-likeness (QED) is 0.426. The Morgan fingerprint density at radius 3 is 2.47 bits per heavy atom. The first-order valence-electron chi connectivity index (χ1n) is 5.32. The Hall–Kier alpha value is -1.24. The lowest BCUT2D eigenvalue weighted by molar-refractivity contribution is -0.146. The molecule has 6 nitrogen and oxygen atoms in total. The molecule has 0 unspecified atom stereocenters. The summed E-state index contributed by atoms with van der Waals surface area (Å²) >= 11 is 3.96. The molecule has 0 heterocycles. The van der Waals surface area contributed by atoms with Crippen molar-refractivity contribution in [2.24, 2.45) is 0 Å². The third-order valence-electron chi connectivity index (χ3n) is 1.81. The molecule has 0 saturated heterocycles. The summed E-state index contributed by atoms with van der Waals surface area (Å²) in [5.74, 6) is -0.861. The van der Waals surface area contributed by atoms with Gasteiger partial charge in [0.05, 0.1) is 6.61 Å². The van der Waals surface area contributed by atoms with Gasteiger partial charge in [-0.05, 0) is 6.92 Å². The van der Waals surface area contributed by atoms with Crippen LogP contribution in [0.15, 0.2) is 0 Å². The molecule has 0 fully saturated rings. The highest BCUT2D eigenvalue weighted by Crippen LogP contribution is 1.94. The van der Waals surface area contributed by atoms with Crippen molar-refractivity contribution in [3.05, 3.63) is 0 Å². The van der Waals surface area contributed by atoms with Crippen LogP contribution in [-0.2, 0) is 19.1 Å². The summed E-state index contributed by atoms with van der Waals surface area (Å²) in [5.41, 5.74) is 0. The largest absolute Gasteiger partial charge is 0.464 e. The van der Waals surface area contributed by atoms with E-state index in [1.165, 1.54) is 6.92 Å². The average molecular weight is 262 g/mol. The van der Waals surface area contributed by atoms with Gasteiger partial charge in [0, 0.05) is 25.6 Å². The summed E-state index contributed by atoms with van der Waals surface area (Å²) in [7, 11) is 0. The third-order valence-corrected chi connectivity index (χ3v) is 2.18. The Labute approximate surface area is 106 Å². The summed E-state index contributed by atoms with van der Waals surface area (Å²) in [6, 6.07) is -0.747. The van der Waals surface area contributed by atoms with Crippen molar-refractivity contribution in [2.75, 3.05) is 18.9 Å². The van der Waals surface area contributed by atoms with Gasteiger partial charge in [0.15, 0.2) is 0 Å². The molecule has 1 atom stereocenters. The molecular formula is C10H18N2O4S. The van der Waals surface area contributed by atoms with Crippen LogP contribution in [-0.4, -0.2) is 42.7 Å². The maximum Gasteiger partial charge on any atom is 0.329 e. The standard InChI is InChI=1S/C10H18N2O4S/c1-3-16-10(15)8(6-17)12-9(14)4-5-11-7(2)13/h8,17H,3-6H2,1-2H3,(H,11,13)(H,12,14)/t8-/m0/s1. The number of nitrogens with one attached hydrogen (secondary N) is 2. The summed E-state index contributed by atoms with van der Waals surface area (Å²) in [5, 5.41) is 4.97. The molecule has 0 aliphatic heterocycles. The molecule has 0 rings (SSSR count). The first kappa shape index (κ1) is 15.8. The number of carbonyl (C=O) groups is 3. The second-order valence-electron chi connectivity index (χ2n) is 3.29. The van der Waals surface area contributed by atoms with E-state index in [1.54, 1.807) is 6.92 Å². The smallest absolute Gasteiger partial charge is 0.329 e. The zero-order valence-corrected chi connectivity index (χ0v) is 10.9. The van der Waals surface area contributed by atoms with Crippen molar-refractivity contribution in [1.29, 1.82) is 0 Å². The topological polar surface area (TPSA) is 84.5 Å². The van der Waals surface area contributed by atoms with Crippen molar-refractivity contribution in [2.45, 2.75) is 26.3 Å². The van der Waals surface area contributed by atoms with E-state index in [1.807, 2.05) is 0 Å². The maximum atomic E-state index is 11.4. The summed E-state index contributed by atoms with van der Waals surface area (Å²) in [6.45, 7) is 3.55. The van der Waals surface area contributed by atoms with Crippen molar-refractivity contribution in [3.8, 4) is 0 Å². The molecule has 0 bridgehead atoms. The number of hydrogen-bond acceptors (Lipinski definition) is 5. The predicted octanol–water partition coefficient (Wildman–Crippen LogP) is -0.510. The maximum absolute atomic E-state index is 11.4. The fraction of sp³-hybridized carbons (Fsp3) is 0.700. The van der Waals surface area contributed by atoms with Crippen LogP contribution in [0, 0.1) is 0 Å². The van der Waals surface area contributed by atoms with Gasteiger partial charge in [-0.25, -0.2) is 4.79 Å². The normalized spacial score (nSPS) is 11.5. The zero-order valence-electron chi connectivity index (χ0n) is 9.99. The van der Waals surface area contributed by atoms with Crippen molar-refractivity contribution in [1.82, 2.24) is 10.6 Å². The third kappa shape index (κ3) is 7.62. The van der Waals surface area contributed by atoms with Crippen molar-refractivity contribution >= 4 is 30.4 Å². The second-order valence-corrected chi connectivity index (χ2v) is 3.65. The van der Waals surface area contributed by atoms with Crippen LogP contribution >= 0.6 is 12.6 Å². The Morgan fingerprint density at radius 1 is 1.35 bits per heavy atom. The molecule has 98 valence electrons. The van der Waals surface area contributed by atoms with Gasteiger partial charge in [-0.1, -0.05) is 0 Å². The van der Waals surface area contributed by atoms with Crippen LogP contribution in [0.5, 0.6) is 0 Å². The monoisotopic (exact) mass is 262 g/mol. The average Bonchev–Trinajstić information content (AvgIpc) is 2.25. The molecule has 0 saturated carbocycles. The Morgan fingerprint density at radius 2 is 2.00 bits per heavy atom. The number of amides is 2. The summed E-state index contributed by atoms with van der Waals surface area (Å²) in [4.78, 5) is 33.3. The molecule has 2 N–H and O–H groups in total. The number of ether oxygens (including phenoxy) is 1. The minimum Gasteiger partial charge on any atom is -0.464 e. The van der Waals surface area contributed by atoms with Gasteiger partial charge in [0.25, 0.3) is 0 Å². The Bertz CT molecular complexity index is 283. The van der Waals surface area contributed by atoms with Crippen LogP contribution in [0.2, 0.25) is 0 Å². The molecule has 7 heteroatoms. The van der Waals surface area contributed by atoms with Gasteiger partial charge in [0.1, 0.15) is 6.04 Å². The van der Waals surface area contributed by atoms with Crippen LogP contribution in [0.4, 0.5) is 0 Å². The Balaban J connectivity index is 3.97. The molecule has 0 radical (unpaired) electrons. The lowest BCUT2D eigenvalue weighted by atomic mass is 10.3. The molecule has 0 aromatic rings. The molecule has 0 aromatic heterocycles. The molecule has 0 aliphatic carbocycles. The minimum atomic E-state index is -0.747. The lowest BCUT2D eigenvalue weighted by Gasteiger charge is -2.14. The van der Waals surface area contributed by atoms with Gasteiger partial charge < -0.3 is 15.4 Å². The first-order valence-corrected chi connectivity index (χ1v) is 5.95. The van der Waals surface area contributed by atoms with Crippen LogP contribution < -0.4 is 10.6 Å². The second kappa shape index (κ2) is 8.86. The SMILES string of the molecule is CCOC(=O)[C@H](CS)NC(=O)CCNC(C)=O. The number of carbonyl (C=O) groups excluding carboxylic acids is 3. The highest BCUT2D eigenvalue weighted by atomic mass is 32.1. The van der Waals surface area contributed by atoms with Gasteiger partial charge in [-0.3, -0.25) is 9.59 Å². The van der Waals surface area contributed by atoms with Gasteiger partial charge in [-0.2, -0.15) is 12.6 Å². The van der Waals surface area contributed by atoms with Crippen LogP contribution in [0.3, 0.4) is 0 Å². The Kier molecular flexibility index (Phi) is 8.21. The van der Waals surface area contributed by atoms with E-state index in [4.69, 9.17) is 4.74 Å². The van der Waals surface area contributed by atoms with E-state index in [9.17, 15) is 14.4 Å². The zero-order chi connectivity index (χ0) is 13.3. The van der Waals surface area contributed by atoms with Crippen molar-refractivity contribution < 1.29 is 19.1 Å².